The molecule has 0 amide bonds. The number of carbonyl (C=O) groups excluding carboxylic acids is 1. The zero-order chi connectivity index (χ0) is 11.5. The lowest BCUT2D eigenvalue weighted by molar-refractivity contribution is -0.307. The summed E-state index contributed by atoms with van der Waals surface area (Å²) in [6, 6.07) is 0. The topological polar surface area (TPSA) is 60.4 Å². The highest BCUT2D eigenvalue weighted by Gasteiger charge is 2.03. The van der Waals surface area contributed by atoms with Gasteiger partial charge in [-0.3, -0.25) is 0 Å². The Kier molecular flexibility index (Phi) is 10.4. The Hall–Kier alpha value is -0.0900. The van der Waals surface area contributed by atoms with Gasteiger partial charge >= 0.3 is 0 Å². The molecular formula is C11H20BrO3-. The molecule has 90 valence electrons. The Balaban J connectivity index is 3.13. The van der Waals surface area contributed by atoms with E-state index in [1.54, 1.807) is 0 Å². The maximum absolute atomic E-state index is 10.1. The molecule has 0 aliphatic rings. The van der Waals surface area contributed by atoms with Gasteiger partial charge in [0.05, 0.1) is 6.10 Å². The van der Waals surface area contributed by atoms with E-state index in [0.29, 0.717) is 6.42 Å². The van der Waals surface area contributed by atoms with Gasteiger partial charge in [0.15, 0.2) is 0 Å². The van der Waals surface area contributed by atoms with Crippen molar-refractivity contribution in [1.82, 2.24) is 0 Å². The SMILES string of the molecule is O=C([O-])CC(O)CCCCCCCCBr. The quantitative estimate of drug-likeness (QED) is 0.488. The van der Waals surface area contributed by atoms with E-state index in [-0.39, 0.29) is 6.42 Å². The van der Waals surface area contributed by atoms with E-state index in [1.165, 1.54) is 25.7 Å². The van der Waals surface area contributed by atoms with Crippen molar-refractivity contribution in [2.45, 2.75) is 57.5 Å². The van der Waals surface area contributed by atoms with Crippen molar-refractivity contribution >= 4 is 21.9 Å². The van der Waals surface area contributed by atoms with Gasteiger partial charge in [-0.05, 0) is 12.8 Å². The van der Waals surface area contributed by atoms with Crippen LogP contribution in [0.5, 0.6) is 0 Å². The highest BCUT2D eigenvalue weighted by Crippen LogP contribution is 2.10. The molecule has 0 aromatic carbocycles. The normalized spacial score (nSPS) is 12.7. The molecule has 0 aromatic heterocycles. The molecule has 1 N–H and O–H groups in total. The largest absolute Gasteiger partial charge is 0.550 e. The maximum Gasteiger partial charge on any atom is 0.0592 e. The van der Waals surface area contributed by atoms with Gasteiger partial charge in [-0.1, -0.05) is 48.0 Å². The highest BCUT2D eigenvalue weighted by molar-refractivity contribution is 9.09. The van der Waals surface area contributed by atoms with Crippen molar-refractivity contribution < 1.29 is 15.0 Å². The van der Waals surface area contributed by atoms with E-state index in [1.807, 2.05) is 0 Å². The van der Waals surface area contributed by atoms with Gasteiger partial charge in [0, 0.05) is 17.7 Å². The van der Waals surface area contributed by atoms with Crippen LogP contribution in [0.15, 0.2) is 0 Å². The Morgan fingerprint density at radius 3 is 2.20 bits per heavy atom. The first kappa shape index (κ1) is 14.9. The molecule has 0 saturated heterocycles. The number of alkyl halides is 1. The van der Waals surface area contributed by atoms with Crippen molar-refractivity contribution in [2.24, 2.45) is 0 Å². The predicted molar refractivity (Wildman–Crippen MR) is 61.7 cm³/mol. The average Bonchev–Trinajstić information content (AvgIpc) is 2.15. The molecule has 0 fully saturated rings. The summed E-state index contributed by atoms with van der Waals surface area (Å²) in [4.78, 5) is 10.1. The Labute approximate surface area is 100 Å². The number of rotatable bonds is 10. The summed E-state index contributed by atoms with van der Waals surface area (Å²) in [6.07, 6.45) is 6.45. The van der Waals surface area contributed by atoms with Gasteiger partial charge in [0.25, 0.3) is 0 Å². The number of carboxylic acids is 1. The van der Waals surface area contributed by atoms with Crippen LogP contribution >= 0.6 is 15.9 Å². The van der Waals surface area contributed by atoms with E-state index in [4.69, 9.17) is 0 Å². The lowest BCUT2D eigenvalue weighted by atomic mass is 10.1. The van der Waals surface area contributed by atoms with Gasteiger partial charge in [0.1, 0.15) is 0 Å². The number of unbranched alkanes of at least 4 members (excludes halogenated alkanes) is 5. The van der Waals surface area contributed by atoms with Crippen LogP contribution in [-0.2, 0) is 4.79 Å². The van der Waals surface area contributed by atoms with E-state index in [0.717, 1.165) is 18.2 Å². The lowest BCUT2D eigenvalue weighted by Gasteiger charge is -2.10. The molecule has 0 aliphatic heterocycles. The number of hydrogen-bond donors (Lipinski definition) is 1. The molecule has 0 rings (SSSR count). The summed E-state index contributed by atoms with van der Waals surface area (Å²) >= 11 is 3.38. The number of hydrogen-bond acceptors (Lipinski definition) is 3. The number of halogens is 1. The Morgan fingerprint density at radius 1 is 1.13 bits per heavy atom. The monoisotopic (exact) mass is 279 g/mol. The number of carboxylic acid groups (broad SMARTS) is 1. The minimum Gasteiger partial charge on any atom is -0.550 e. The van der Waals surface area contributed by atoms with Gasteiger partial charge in [-0.2, -0.15) is 0 Å². The van der Waals surface area contributed by atoms with Crippen molar-refractivity contribution in [2.75, 3.05) is 5.33 Å². The van der Waals surface area contributed by atoms with Crippen molar-refractivity contribution in [3.8, 4) is 0 Å². The van der Waals surface area contributed by atoms with Crippen LogP contribution in [0.1, 0.15) is 51.4 Å². The number of aliphatic carboxylic acids is 1. The van der Waals surface area contributed by atoms with E-state index >= 15 is 0 Å². The molecular weight excluding hydrogens is 260 g/mol. The zero-order valence-corrected chi connectivity index (χ0v) is 10.7. The second-order valence-corrected chi connectivity index (χ2v) is 4.62. The molecule has 0 bridgehead atoms. The third-order valence-electron chi connectivity index (χ3n) is 2.32. The summed E-state index contributed by atoms with van der Waals surface area (Å²) in [6.45, 7) is 0. The van der Waals surface area contributed by atoms with Crippen molar-refractivity contribution in [3.63, 3.8) is 0 Å². The molecule has 15 heavy (non-hydrogen) atoms. The van der Waals surface area contributed by atoms with Crippen LogP contribution < -0.4 is 5.11 Å². The van der Waals surface area contributed by atoms with Crippen LogP contribution in [-0.4, -0.2) is 22.5 Å². The van der Waals surface area contributed by atoms with Crippen LogP contribution in [0, 0.1) is 0 Å². The third-order valence-corrected chi connectivity index (χ3v) is 2.88. The van der Waals surface area contributed by atoms with Crippen molar-refractivity contribution in [1.29, 1.82) is 0 Å². The van der Waals surface area contributed by atoms with Crippen LogP contribution in [0.3, 0.4) is 0 Å². The summed E-state index contributed by atoms with van der Waals surface area (Å²) in [7, 11) is 0. The molecule has 0 aliphatic carbocycles. The molecule has 4 heteroatoms. The fraction of sp³-hybridized carbons (Fsp3) is 0.909. The van der Waals surface area contributed by atoms with Gasteiger partial charge in [0.2, 0.25) is 0 Å². The van der Waals surface area contributed by atoms with Gasteiger partial charge in [-0.15, -0.1) is 0 Å². The van der Waals surface area contributed by atoms with E-state index in [2.05, 4.69) is 15.9 Å². The molecule has 0 radical (unpaired) electrons. The van der Waals surface area contributed by atoms with Crippen molar-refractivity contribution in [3.05, 3.63) is 0 Å². The highest BCUT2D eigenvalue weighted by atomic mass is 79.9. The third kappa shape index (κ3) is 11.8. The Morgan fingerprint density at radius 2 is 1.67 bits per heavy atom. The first-order valence-corrected chi connectivity index (χ1v) is 6.73. The molecule has 0 saturated carbocycles. The van der Waals surface area contributed by atoms with E-state index < -0.39 is 12.1 Å². The summed E-state index contributed by atoms with van der Waals surface area (Å²) < 4.78 is 0. The summed E-state index contributed by atoms with van der Waals surface area (Å²) in [5, 5.41) is 20.4. The smallest absolute Gasteiger partial charge is 0.0592 e. The minimum atomic E-state index is -1.17. The van der Waals surface area contributed by atoms with Crippen LogP contribution in [0.25, 0.3) is 0 Å². The molecule has 0 aromatic rings. The fourth-order valence-corrected chi connectivity index (χ4v) is 1.87. The lowest BCUT2D eigenvalue weighted by Crippen LogP contribution is -2.27. The van der Waals surface area contributed by atoms with Gasteiger partial charge < -0.3 is 15.0 Å². The summed E-state index contributed by atoms with van der Waals surface area (Å²) in [5.41, 5.74) is 0. The molecule has 0 heterocycles. The molecule has 3 nitrogen and oxygen atoms in total. The number of aliphatic hydroxyl groups excluding tert-OH is 1. The van der Waals surface area contributed by atoms with Crippen LogP contribution in [0.4, 0.5) is 0 Å². The maximum atomic E-state index is 10.1. The average molecular weight is 280 g/mol. The number of aliphatic hydroxyl groups is 1. The standard InChI is InChI=1S/C11H21BrO3/c12-8-6-4-2-1-3-5-7-10(13)9-11(14)15/h10,13H,1-9H2,(H,14,15)/p-1. The second kappa shape index (κ2) is 10.4. The molecule has 1 unspecified atom stereocenters. The van der Waals surface area contributed by atoms with Gasteiger partial charge in [-0.25, -0.2) is 0 Å². The first-order chi connectivity index (χ1) is 7.16. The number of carbonyl (C=O) groups is 1. The summed E-state index contributed by atoms with van der Waals surface area (Å²) in [5.74, 6) is -1.17. The Bertz CT molecular complexity index is 162. The predicted octanol–water partition coefficient (Wildman–Crippen LogP) is 1.61. The zero-order valence-electron chi connectivity index (χ0n) is 9.08. The van der Waals surface area contributed by atoms with Crippen LogP contribution in [0.2, 0.25) is 0 Å². The van der Waals surface area contributed by atoms with E-state index in [9.17, 15) is 15.0 Å². The molecule has 1 atom stereocenters. The fourth-order valence-electron chi connectivity index (χ4n) is 1.48. The second-order valence-electron chi connectivity index (χ2n) is 3.83. The minimum absolute atomic E-state index is 0.233. The first-order valence-electron chi connectivity index (χ1n) is 5.60. The molecule has 0 spiro atoms.